The van der Waals surface area contributed by atoms with Crippen molar-refractivity contribution >= 4 is 32.7 Å². The van der Waals surface area contributed by atoms with Crippen LogP contribution in [0.15, 0.2) is 36.4 Å². The highest BCUT2D eigenvalue weighted by molar-refractivity contribution is 7.90. The number of nitrogens with zero attached hydrogens (tertiary/aromatic N) is 2. The number of likely N-dealkylation sites (tertiary alicyclic amines) is 1. The zero-order valence-corrected chi connectivity index (χ0v) is 29.5. The Hall–Kier alpha value is -3.41. The Morgan fingerprint density at radius 2 is 1.73 bits per heavy atom. The molecule has 2 N–H and O–H groups in total. The predicted molar refractivity (Wildman–Crippen MR) is 186 cm³/mol. The van der Waals surface area contributed by atoms with Crippen LogP contribution in [0.1, 0.15) is 85.7 Å². The van der Waals surface area contributed by atoms with Gasteiger partial charge in [0.1, 0.15) is 5.75 Å². The molecular weight excluding hydrogens is 641 g/mol. The standard InChI is InChI=1S/C38H46N4O6S/c1-23(2)49(45,46)40-34(43)25-9-11-28-31(13-25)42-20-38(35(44)41-18-36-16-39-17-37(36,19-41)22-48-21-36)15-30(38)29-14-26(47-3)10-12-27(29)33(42)32(28)24-7-5-4-6-8-24/h9-14,23-24,30,39H,4-8,15-22H2,1-3H3,(H,40,43)/t30-,36?,37?,38-/m0/s1. The number of carbonyl (C=O) groups excluding carboxylic acids is 2. The molecular formula is C38H46N4O6S. The number of hydrogen-bond acceptors (Lipinski definition) is 7. The maximum absolute atomic E-state index is 15.1. The first-order chi connectivity index (χ1) is 23.5. The molecule has 10 nitrogen and oxygen atoms in total. The van der Waals surface area contributed by atoms with Crippen LogP contribution in [0.25, 0.3) is 22.2 Å². The Bertz CT molecular complexity index is 1980. The van der Waals surface area contributed by atoms with E-state index in [1.807, 2.05) is 18.2 Å². The minimum atomic E-state index is -3.81. The van der Waals surface area contributed by atoms with Crippen molar-refractivity contribution in [3.63, 3.8) is 0 Å². The minimum Gasteiger partial charge on any atom is -0.497 e. The highest BCUT2D eigenvalue weighted by atomic mass is 32.2. The zero-order valence-electron chi connectivity index (χ0n) is 28.6. The molecule has 2 aromatic carbocycles. The molecule has 3 saturated heterocycles. The number of rotatable bonds is 6. The molecule has 5 fully saturated rings. The van der Waals surface area contributed by atoms with Crippen molar-refractivity contribution in [2.45, 2.75) is 76.0 Å². The van der Waals surface area contributed by atoms with Gasteiger partial charge in [-0.15, -0.1) is 0 Å². The molecule has 1 aromatic heterocycles. The molecule has 2 aliphatic carbocycles. The third kappa shape index (κ3) is 4.47. The average molecular weight is 687 g/mol. The molecule has 0 radical (unpaired) electrons. The lowest BCUT2D eigenvalue weighted by Crippen LogP contribution is -2.42. The van der Waals surface area contributed by atoms with E-state index in [4.69, 9.17) is 9.47 Å². The van der Waals surface area contributed by atoms with E-state index in [2.05, 4.69) is 31.6 Å². The lowest BCUT2D eigenvalue weighted by Gasteiger charge is -2.28. The molecule has 2 unspecified atom stereocenters. The normalized spacial score (nSPS) is 30.4. The third-order valence-electron chi connectivity index (χ3n) is 13.1. The summed E-state index contributed by atoms with van der Waals surface area (Å²) >= 11 is 0. The summed E-state index contributed by atoms with van der Waals surface area (Å²) < 4.78 is 41.8. The maximum atomic E-state index is 15.1. The second-order valence-corrected chi connectivity index (χ2v) is 18.4. The minimum absolute atomic E-state index is 0.0341. The predicted octanol–water partition coefficient (Wildman–Crippen LogP) is 4.77. The smallest absolute Gasteiger partial charge is 0.264 e. The first-order valence-corrected chi connectivity index (χ1v) is 19.5. The van der Waals surface area contributed by atoms with Crippen LogP contribution in [-0.2, 0) is 26.1 Å². The summed E-state index contributed by atoms with van der Waals surface area (Å²) in [7, 11) is -2.12. The van der Waals surface area contributed by atoms with Crippen LogP contribution in [0, 0.1) is 16.2 Å². The molecule has 260 valence electrons. The number of ether oxygens (including phenoxy) is 2. The fraction of sp³-hybridized carbons (Fsp3) is 0.579. The van der Waals surface area contributed by atoms with E-state index < -0.39 is 26.6 Å². The molecule has 9 rings (SSSR count). The van der Waals surface area contributed by atoms with Gasteiger partial charge in [-0.05, 0) is 80.5 Å². The Morgan fingerprint density at radius 1 is 1.00 bits per heavy atom. The molecule has 4 aliphatic heterocycles. The molecule has 49 heavy (non-hydrogen) atoms. The van der Waals surface area contributed by atoms with Gasteiger partial charge in [-0.25, -0.2) is 13.1 Å². The lowest BCUT2D eigenvalue weighted by molar-refractivity contribution is -0.137. The van der Waals surface area contributed by atoms with Crippen molar-refractivity contribution in [3.05, 3.63) is 53.1 Å². The van der Waals surface area contributed by atoms with E-state index in [-0.39, 0.29) is 22.7 Å². The van der Waals surface area contributed by atoms with Crippen LogP contribution in [0.5, 0.6) is 5.75 Å². The first-order valence-electron chi connectivity index (χ1n) is 18.0. The number of sulfonamides is 1. The SMILES string of the molecule is COc1ccc2c(c1)[C@@H]1C[C@]1(C(=O)N1CC34CNCC3(COC4)C1)Cn1c-2c(C2CCCCC2)c2ccc(C(=O)NS(=O)(=O)C(C)C)cc21. The molecule has 2 amide bonds. The molecule has 5 heterocycles. The summed E-state index contributed by atoms with van der Waals surface area (Å²) in [6.07, 6.45) is 6.50. The third-order valence-corrected chi connectivity index (χ3v) is 14.9. The van der Waals surface area contributed by atoms with Gasteiger partial charge < -0.3 is 24.3 Å². The van der Waals surface area contributed by atoms with Crippen LogP contribution in [0.4, 0.5) is 0 Å². The summed E-state index contributed by atoms with van der Waals surface area (Å²) in [6, 6.07) is 11.9. The van der Waals surface area contributed by atoms with Gasteiger partial charge in [0.2, 0.25) is 15.9 Å². The van der Waals surface area contributed by atoms with Gasteiger partial charge in [-0.2, -0.15) is 0 Å². The van der Waals surface area contributed by atoms with Gasteiger partial charge >= 0.3 is 0 Å². The summed E-state index contributed by atoms with van der Waals surface area (Å²) in [6.45, 7) is 8.17. The number of carbonyl (C=O) groups is 2. The summed E-state index contributed by atoms with van der Waals surface area (Å²) in [5.41, 5.74) is 5.20. The first kappa shape index (κ1) is 31.6. The number of amides is 2. The summed E-state index contributed by atoms with van der Waals surface area (Å²) in [5.74, 6) is 0.766. The van der Waals surface area contributed by atoms with Crippen LogP contribution >= 0.6 is 0 Å². The topological polar surface area (TPSA) is 119 Å². The number of benzene rings is 2. The van der Waals surface area contributed by atoms with Gasteiger partial charge in [-0.3, -0.25) is 9.59 Å². The van der Waals surface area contributed by atoms with Crippen LogP contribution in [0.2, 0.25) is 0 Å². The summed E-state index contributed by atoms with van der Waals surface area (Å²) in [5, 5.41) is 3.94. The van der Waals surface area contributed by atoms with Crippen molar-refractivity contribution in [3.8, 4) is 17.0 Å². The Balaban J connectivity index is 1.21. The largest absolute Gasteiger partial charge is 0.497 e. The van der Waals surface area contributed by atoms with Crippen molar-refractivity contribution in [1.82, 2.24) is 19.5 Å². The van der Waals surface area contributed by atoms with Crippen molar-refractivity contribution in [1.29, 1.82) is 0 Å². The fourth-order valence-corrected chi connectivity index (χ4v) is 10.9. The number of methoxy groups -OCH3 is 1. The summed E-state index contributed by atoms with van der Waals surface area (Å²) in [4.78, 5) is 30.7. The zero-order chi connectivity index (χ0) is 33.9. The van der Waals surface area contributed by atoms with Crippen molar-refractivity contribution in [2.24, 2.45) is 16.2 Å². The molecule has 6 aliphatic rings. The monoisotopic (exact) mass is 686 g/mol. The fourth-order valence-electron chi connectivity index (χ4n) is 10.3. The van der Waals surface area contributed by atoms with Crippen LogP contribution in [-0.4, -0.2) is 81.5 Å². The quantitative estimate of drug-likeness (QED) is 0.384. The molecule has 11 heteroatoms. The Kier molecular flexibility index (Phi) is 6.95. The second-order valence-electron chi connectivity index (χ2n) is 16.1. The molecule has 3 aromatic rings. The molecule has 0 bridgehead atoms. The van der Waals surface area contributed by atoms with Gasteiger partial charge in [0.15, 0.2) is 0 Å². The number of hydrogen-bond donors (Lipinski definition) is 2. The van der Waals surface area contributed by atoms with Crippen LogP contribution in [0.3, 0.4) is 0 Å². The average Bonchev–Trinajstić information content (AvgIpc) is 3.25. The molecule has 2 saturated carbocycles. The Morgan fingerprint density at radius 3 is 2.43 bits per heavy atom. The van der Waals surface area contributed by atoms with E-state index in [1.54, 1.807) is 27.0 Å². The maximum Gasteiger partial charge on any atom is 0.264 e. The van der Waals surface area contributed by atoms with Gasteiger partial charge in [0.05, 0.1) is 36.7 Å². The van der Waals surface area contributed by atoms with E-state index in [0.717, 1.165) is 65.8 Å². The highest BCUT2D eigenvalue weighted by Gasteiger charge is 2.69. The van der Waals surface area contributed by atoms with Crippen molar-refractivity contribution in [2.75, 3.05) is 46.5 Å². The van der Waals surface area contributed by atoms with E-state index >= 15 is 4.79 Å². The molecule has 4 atom stereocenters. The van der Waals surface area contributed by atoms with E-state index in [0.29, 0.717) is 44.3 Å². The number of fused-ring (bicyclic) bond motifs is 7. The van der Waals surface area contributed by atoms with Crippen molar-refractivity contribution < 1.29 is 27.5 Å². The van der Waals surface area contributed by atoms with E-state index in [9.17, 15) is 13.2 Å². The van der Waals surface area contributed by atoms with E-state index in [1.165, 1.54) is 24.8 Å². The van der Waals surface area contributed by atoms with Gasteiger partial charge in [0, 0.05) is 71.5 Å². The Labute approximate surface area is 287 Å². The lowest BCUT2D eigenvalue weighted by atomic mass is 9.71. The number of aromatic nitrogens is 1. The van der Waals surface area contributed by atoms with Crippen LogP contribution < -0.4 is 14.8 Å². The highest BCUT2D eigenvalue weighted by Crippen LogP contribution is 2.67. The second kappa shape index (κ2) is 10.8. The number of nitrogens with one attached hydrogen (secondary N) is 2. The van der Waals surface area contributed by atoms with Gasteiger partial charge in [0.25, 0.3) is 5.91 Å². The molecule has 0 spiro atoms. The van der Waals surface area contributed by atoms with Gasteiger partial charge in [-0.1, -0.05) is 25.3 Å².